The number of hydrogen-bond donors (Lipinski definition) is 0. The number of halogens is 2. The van der Waals surface area contributed by atoms with Gasteiger partial charge in [0.05, 0.1) is 11.1 Å². The molecule has 0 spiro atoms. The maximum Gasteiger partial charge on any atom is 0.255 e. The van der Waals surface area contributed by atoms with Crippen molar-refractivity contribution in [3.05, 3.63) is 64.5 Å². The van der Waals surface area contributed by atoms with Crippen LogP contribution in [0.25, 0.3) is 11.4 Å². The number of rotatable bonds is 4. The smallest absolute Gasteiger partial charge is 0.255 e. The molecule has 1 saturated heterocycles. The summed E-state index contributed by atoms with van der Waals surface area (Å²) < 4.78 is 20.0. The largest absolute Gasteiger partial charge is 0.339 e. The second-order valence-corrected chi connectivity index (χ2v) is 7.76. The number of carbonyl (C=O) groups excluding carboxylic acids is 1. The molecule has 144 valence electrons. The quantitative estimate of drug-likeness (QED) is 0.604. The van der Waals surface area contributed by atoms with E-state index in [0.29, 0.717) is 36.5 Å². The number of hydrogen-bond acceptors (Lipinski definition) is 5. The molecular formula is C20H18BrFN4O2. The molecule has 0 aliphatic carbocycles. The third-order valence-corrected chi connectivity index (χ3v) is 5.24. The minimum absolute atomic E-state index is 0.0314. The summed E-state index contributed by atoms with van der Waals surface area (Å²) in [4.78, 5) is 23.0. The average molecular weight is 445 g/mol. The van der Waals surface area contributed by atoms with Gasteiger partial charge in [-0.1, -0.05) is 17.3 Å². The zero-order chi connectivity index (χ0) is 19.5. The Bertz CT molecular complexity index is 994. The Morgan fingerprint density at radius 1 is 1.32 bits per heavy atom. The van der Waals surface area contributed by atoms with Gasteiger partial charge >= 0.3 is 0 Å². The minimum Gasteiger partial charge on any atom is -0.339 e. The van der Waals surface area contributed by atoms with Crippen LogP contribution >= 0.6 is 15.9 Å². The van der Waals surface area contributed by atoms with Gasteiger partial charge in [-0.2, -0.15) is 4.98 Å². The summed E-state index contributed by atoms with van der Waals surface area (Å²) in [7, 11) is 0. The normalized spacial score (nSPS) is 16.9. The zero-order valence-electron chi connectivity index (χ0n) is 15.0. The van der Waals surface area contributed by atoms with Crippen LogP contribution in [0.1, 0.15) is 29.1 Å². The summed E-state index contributed by atoms with van der Waals surface area (Å²) in [6.45, 7) is 1.33. The van der Waals surface area contributed by atoms with E-state index < -0.39 is 0 Å². The minimum atomic E-state index is -0.382. The standard InChI is InChI=1S/C20H18BrFN4O2/c21-15-9-14(10-23-11-15)20(27)26-7-3-4-13(12-26)8-18-24-19(25-28-18)16-5-1-2-6-17(16)22/h1-2,5-6,9-11,13H,3-4,7-8,12H2. The molecule has 1 fully saturated rings. The van der Waals surface area contributed by atoms with E-state index in [2.05, 4.69) is 31.1 Å². The van der Waals surface area contributed by atoms with Gasteiger partial charge in [-0.3, -0.25) is 9.78 Å². The predicted octanol–water partition coefficient (Wildman–Crippen LogP) is 4.13. The highest BCUT2D eigenvalue weighted by atomic mass is 79.9. The fourth-order valence-corrected chi connectivity index (χ4v) is 3.83. The van der Waals surface area contributed by atoms with Gasteiger partial charge in [-0.15, -0.1) is 0 Å². The van der Waals surface area contributed by atoms with Crippen molar-refractivity contribution in [2.75, 3.05) is 13.1 Å². The van der Waals surface area contributed by atoms with Gasteiger partial charge in [0.1, 0.15) is 5.82 Å². The van der Waals surface area contributed by atoms with Gasteiger partial charge in [0.2, 0.25) is 11.7 Å². The Morgan fingerprint density at radius 2 is 2.18 bits per heavy atom. The Balaban J connectivity index is 1.43. The van der Waals surface area contributed by atoms with E-state index in [1.807, 2.05) is 4.90 Å². The summed E-state index contributed by atoms with van der Waals surface area (Å²) in [5.74, 6) is 0.508. The average Bonchev–Trinajstić information content (AvgIpc) is 3.16. The molecule has 1 aliphatic heterocycles. The van der Waals surface area contributed by atoms with Gasteiger partial charge in [0.25, 0.3) is 5.91 Å². The highest BCUT2D eigenvalue weighted by Gasteiger charge is 2.26. The van der Waals surface area contributed by atoms with Crippen molar-refractivity contribution in [1.29, 1.82) is 0 Å². The molecule has 0 bridgehead atoms. The first kappa shape index (κ1) is 18.7. The topological polar surface area (TPSA) is 72.1 Å². The number of carbonyl (C=O) groups is 1. The van der Waals surface area contributed by atoms with Crippen LogP contribution < -0.4 is 0 Å². The SMILES string of the molecule is O=C(c1cncc(Br)c1)N1CCCC(Cc2nc(-c3ccccc3F)no2)C1. The molecule has 4 rings (SSSR count). The van der Waals surface area contributed by atoms with Crippen molar-refractivity contribution in [3.63, 3.8) is 0 Å². The molecular weight excluding hydrogens is 427 g/mol. The zero-order valence-corrected chi connectivity index (χ0v) is 16.6. The predicted molar refractivity (Wildman–Crippen MR) is 104 cm³/mol. The highest BCUT2D eigenvalue weighted by Crippen LogP contribution is 2.24. The first-order chi connectivity index (χ1) is 13.6. The third kappa shape index (κ3) is 4.11. The lowest BCUT2D eigenvalue weighted by molar-refractivity contribution is 0.0667. The first-order valence-corrected chi connectivity index (χ1v) is 9.87. The van der Waals surface area contributed by atoms with Gasteiger partial charge in [-0.25, -0.2) is 4.39 Å². The first-order valence-electron chi connectivity index (χ1n) is 9.07. The molecule has 1 aliphatic rings. The lowest BCUT2D eigenvalue weighted by Gasteiger charge is -2.32. The van der Waals surface area contributed by atoms with Crippen molar-refractivity contribution in [2.45, 2.75) is 19.3 Å². The van der Waals surface area contributed by atoms with Gasteiger partial charge < -0.3 is 9.42 Å². The van der Waals surface area contributed by atoms with Crippen LogP contribution in [-0.4, -0.2) is 39.0 Å². The Hall–Kier alpha value is -2.61. The van der Waals surface area contributed by atoms with Crippen molar-refractivity contribution in [1.82, 2.24) is 20.0 Å². The van der Waals surface area contributed by atoms with E-state index in [1.165, 1.54) is 6.07 Å². The maximum absolute atomic E-state index is 13.9. The molecule has 0 N–H and O–H groups in total. The number of amides is 1. The monoisotopic (exact) mass is 444 g/mol. The molecule has 3 aromatic rings. The number of benzene rings is 1. The second-order valence-electron chi connectivity index (χ2n) is 6.85. The molecule has 1 amide bonds. The summed E-state index contributed by atoms with van der Waals surface area (Å²) in [5.41, 5.74) is 0.884. The van der Waals surface area contributed by atoms with Crippen LogP contribution in [0, 0.1) is 11.7 Å². The summed E-state index contributed by atoms with van der Waals surface area (Å²) in [6, 6.07) is 8.12. The van der Waals surface area contributed by atoms with E-state index in [9.17, 15) is 9.18 Å². The molecule has 0 radical (unpaired) electrons. The van der Waals surface area contributed by atoms with Crippen molar-refractivity contribution < 1.29 is 13.7 Å². The second kappa shape index (κ2) is 8.18. The molecule has 1 aromatic carbocycles. The number of pyridine rings is 1. The van der Waals surface area contributed by atoms with Gasteiger partial charge in [-0.05, 0) is 52.9 Å². The van der Waals surface area contributed by atoms with Gasteiger partial charge in [0.15, 0.2) is 0 Å². The fourth-order valence-electron chi connectivity index (χ4n) is 3.46. The van der Waals surface area contributed by atoms with E-state index >= 15 is 0 Å². The van der Waals surface area contributed by atoms with E-state index in [1.54, 1.807) is 36.7 Å². The van der Waals surface area contributed by atoms with Crippen LogP contribution in [0.15, 0.2) is 51.7 Å². The summed E-state index contributed by atoms with van der Waals surface area (Å²) in [6.07, 6.45) is 5.67. The van der Waals surface area contributed by atoms with Crippen LogP contribution in [0.5, 0.6) is 0 Å². The molecule has 8 heteroatoms. The Labute approximate surface area is 169 Å². The lowest BCUT2D eigenvalue weighted by Crippen LogP contribution is -2.40. The summed E-state index contributed by atoms with van der Waals surface area (Å²) >= 11 is 3.35. The van der Waals surface area contributed by atoms with Crippen LogP contribution in [0.2, 0.25) is 0 Å². The highest BCUT2D eigenvalue weighted by molar-refractivity contribution is 9.10. The van der Waals surface area contributed by atoms with E-state index in [4.69, 9.17) is 4.52 Å². The van der Waals surface area contributed by atoms with Crippen molar-refractivity contribution >= 4 is 21.8 Å². The number of nitrogens with zero attached hydrogens (tertiary/aromatic N) is 4. The van der Waals surface area contributed by atoms with Gasteiger partial charge in [0, 0.05) is 36.4 Å². The van der Waals surface area contributed by atoms with Crippen molar-refractivity contribution in [3.8, 4) is 11.4 Å². The van der Waals surface area contributed by atoms with E-state index in [0.717, 1.165) is 17.3 Å². The molecule has 2 aromatic heterocycles. The molecule has 1 unspecified atom stereocenters. The Morgan fingerprint density at radius 3 is 3.00 bits per heavy atom. The van der Waals surface area contributed by atoms with E-state index in [-0.39, 0.29) is 23.5 Å². The number of aromatic nitrogens is 3. The summed E-state index contributed by atoms with van der Waals surface area (Å²) in [5, 5.41) is 3.90. The molecule has 3 heterocycles. The number of likely N-dealkylation sites (tertiary alicyclic amines) is 1. The van der Waals surface area contributed by atoms with Crippen LogP contribution in [0.3, 0.4) is 0 Å². The molecule has 6 nitrogen and oxygen atoms in total. The lowest BCUT2D eigenvalue weighted by atomic mass is 9.94. The molecule has 1 atom stereocenters. The number of piperidine rings is 1. The molecule has 28 heavy (non-hydrogen) atoms. The third-order valence-electron chi connectivity index (χ3n) is 4.80. The molecule has 0 saturated carbocycles. The van der Waals surface area contributed by atoms with Crippen LogP contribution in [-0.2, 0) is 6.42 Å². The fraction of sp³-hybridized carbons (Fsp3) is 0.300. The Kier molecular flexibility index (Phi) is 5.47. The van der Waals surface area contributed by atoms with Crippen LogP contribution in [0.4, 0.5) is 4.39 Å². The van der Waals surface area contributed by atoms with Crippen molar-refractivity contribution in [2.24, 2.45) is 5.92 Å². The maximum atomic E-state index is 13.9.